The minimum Gasteiger partial charge on any atom is -0.497 e. The van der Waals surface area contributed by atoms with Crippen LogP contribution in [0.2, 0.25) is 0 Å². The lowest BCUT2D eigenvalue weighted by molar-refractivity contribution is -0.137. The van der Waals surface area contributed by atoms with Gasteiger partial charge in [0, 0.05) is 17.3 Å². The Balaban J connectivity index is 1.73. The first-order valence-corrected chi connectivity index (χ1v) is 8.97. The highest BCUT2D eigenvalue weighted by Gasteiger charge is 2.30. The van der Waals surface area contributed by atoms with Gasteiger partial charge < -0.3 is 10.1 Å². The van der Waals surface area contributed by atoms with Crippen LogP contribution in [-0.2, 0) is 6.18 Å². The van der Waals surface area contributed by atoms with Crippen LogP contribution in [0.1, 0.15) is 15.9 Å². The zero-order valence-corrected chi connectivity index (χ0v) is 15.8. The summed E-state index contributed by atoms with van der Waals surface area (Å²) >= 11 is 0. The fraction of sp³-hybridized carbons (Fsp3) is 0.0909. The van der Waals surface area contributed by atoms with Crippen molar-refractivity contribution >= 4 is 17.4 Å². The number of carbonyl (C=O) groups excluding carboxylic acids is 1. The molecule has 1 amide bonds. The summed E-state index contributed by atoms with van der Waals surface area (Å²) in [6.07, 6.45) is -2.72. The number of fused-ring (bicyclic) bond motifs is 1. The van der Waals surface area contributed by atoms with Crippen LogP contribution in [-0.4, -0.2) is 22.4 Å². The van der Waals surface area contributed by atoms with Crippen molar-refractivity contribution in [3.8, 4) is 17.0 Å². The summed E-state index contributed by atoms with van der Waals surface area (Å²) in [5.74, 6) is 0.492. The number of amides is 1. The molecule has 2 heterocycles. The number of rotatable bonds is 4. The van der Waals surface area contributed by atoms with Gasteiger partial charge in [0.25, 0.3) is 5.91 Å². The molecular formula is C22H16F3N3O2. The smallest absolute Gasteiger partial charge is 0.416 e. The molecule has 0 bridgehead atoms. The number of nitrogens with zero attached hydrogens (tertiary/aromatic N) is 2. The summed E-state index contributed by atoms with van der Waals surface area (Å²) in [6.45, 7) is 0. The van der Waals surface area contributed by atoms with E-state index in [9.17, 15) is 18.0 Å². The Morgan fingerprint density at radius 3 is 2.50 bits per heavy atom. The van der Waals surface area contributed by atoms with Gasteiger partial charge in [-0.05, 0) is 48.5 Å². The molecule has 5 nitrogen and oxygen atoms in total. The van der Waals surface area contributed by atoms with Crippen LogP contribution in [0.25, 0.3) is 16.9 Å². The van der Waals surface area contributed by atoms with Gasteiger partial charge in [0.15, 0.2) is 0 Å². The first-order valence-electron chi connectivity index (χ1n) is 8.97. The lowest BCUT2D eigenvalue weighted by Gasteiger charge is -2.10. The molecule has 2 aromatic carbocycles. The van der Waals surface area contributed by atoms with E-state index in [2.05, 4.69) is 10.3 Å². The molecule has 4 aromatic rings. The van der Waals surface area contributed by atoms with Crippen molar-refractivity contribution in [2.75, 3.05) is 12.4 Å². The van der Waals surface area contributed by atoms with Gasteiger partial charge in [0.2, 0.25) is 0 Å². The Hall–Kier alpha value is -3.81. The highest BCUT2D eigenvalue weighted by Crippen LogP contribution is 2.32. The topological polar surface area (TPSA) is 55.6 Å². The summed E-state index contributed by atoms with van der Waals surface area (Å²) in [7, 11) is 1.55. The summed E-state index contributed by atoms with van der Waals surface area (Å²) in [6, 6.07) is 16.7. The van der Waals surface area contributed by atoms with Crippen molar-refractivity contribution in [1.82, 2.24) is 9.38 Å². The Labute approximate surface area is 169 Å². The second kappa shape index (κ2) is 7.55. The second-order valence-electron chi connectivity index (χ2n) is 6.50. The third-order valence-electron chi connectivity index (χ3n) is 4.58. The number of imidazole rings is 1. The first kappa shape index (κ1) is 19.5. The standard InChI is InChI=1S/C22H16F3N3O2/c1-30-17-6-4-5-15(13-17)19-20(28-12-3-2-7-18(28)26-19)27-21(29)14-8-10-16(11-9-14)22(23,24)25/h2-13H,1H3,(H,27,29). The molecule has 30 heavy (non-hydrogen) atoms. The molecule has 0 aliphatic rings. The summed E-state index contributed by atoms with van der Waals surface area (Å²) in [5.41, 5.74) is 1.13. The number of hydrogen-bond acceptors (Lipinski definition) is 3. The average Bonchev–Trinajstić information content (AvgIpc) is 3.12. The van der Waals surface area contributed by atoms with Crippen LogP contribution in [0, 0.1) is 0 Å². The maximum Gasteiger partial charge on any atom is 0.416 e. The molecule has 1 N–H and O–H groups in total. The van der Waals surface area contributed by atoms with Crippen molar-refractivity contribution in [2.24, 2.45) is 0 Å². The number of ether oxygens (including phenoxy) is 1. The van der Waals surface area contributed by atoms with Crippen molar-refractivity contribution in [2.45, 2.75) is 6.18 Å². The van der Waals surface area contributed by atoms with E-state index < -0.39 is 17.6 Å². The molecule has 0 atom stereocenters. The highest BCUT2D eigenvalue weighted by molar-refractivity contribution is 6.05. The SMILES string of the molecule is COc1cccc(-c2nc3ccccn3c2NC(=O)c2ccc(C(F)(F)F)cc2)c1. The first-order chi connectivity index (χ1) is 14.4. The average molecular weight is 411 g/mol. The molecule has 0 unspecified atom stereocenters. The number of benzene rings is 2. The minimum absolute atomic E-state index is 0.102. The zero-order chi connectivity index (χ0) is 21.3. The maximum atomic E-state index is 12.8. The van der Waals surface area contributed by atoms with Gasteiger partial charge in [-0.15, -0.1) is 0 Å². The quantitative estimate of drug-likeness (QED) is 0.497. The van der Waals surface area contributed by atoms with Crippen molar-refractivity contribution in [3.63, 3.8) is 0 Å². The van der Waals surface area contributed by atoms with Crippen LogP contribution in [0.4, 0.5) is 19.0 Å². The van der Waals surface area contributed by atoms with Crippen LogP contribution < -0.4 is 10.1 Å². The highest BCUT2D eigenvalue weighted by atomic mass is 19.4. The van der Waals surface area contributed by atoms with Gasteiger partial charge in [0.05, 0.1) is 12.7 Å². The molecule has 0 spiro atoms. The molecule has 152 valence electrons. The zero-order valence-electron chi connectivity index (χ0n) is 15.8. The fourth-order valence-corrected chi connectivity index (χ4v) is 3.08. The van der Waals surface area contributed by atoms with Gasteiger partial charge in [0.1, 0.15) is 22.9 Å². The number of nitrogens with one attached hydrogen (secondary N) is 1. The largest absolute Gasteiger partial charge is 0.497 e. The number of pyridine rings is 1. The number of halogens is 3. The number of carbonyl (C=O) groups is 1. The predicted octanol–water partition coefficient (Wildman–Crippen LogP) is 5.28. The molecule has 0 saturated heterocycles. The summed E-state index contributed by atoms with van der Waals surface area (Å²) in [5, 5.41) is 2.78. The fourth-order valence-electron chi connectivity index (χ4n) is 3.08. The van der Waals surface area contributed by atoms with Crippen molar-refractivity contribution in [1.29, 1.82) is 0 Å². The number of methoxy groups -OCH3 is 1. The Morgan fingerprint density at radius 1 is 1.03 bits per heavy atom. The van der Waals surface area contributed by atoms with Gasteiger partial charge in [-0.3, -0.25) is 9.20 Å². The molecule has 4 rings (SSSR count). The Morgan fingerprint density at radius 2 is 1.80 bits per heavy atom. The lowest BCUT2D eigenvalue weighted by Crippen LogP contribution is -2.14. The van der Waals surface area contributed by atoms with E-state index in [1.165, 1.54) is 0 Å². The molecule has 0 fully saturated rings. The number of aromatic nitrogens is 2. The molecule has 2 aromatic heterocycles. The number of alkyl halides is 3. The lowest BCUT2D eigenvalue weighted by atomic mass is 10.1. The monoisotopic (exact) mass is 411 g/mol. The molecule has 0 aliphatic heterocycles. The van der Waals surface area contributed by atoms with Gasteiger partial charge in [-0.25, -0.2) is 4.98 Å². The van der Waals surface area contributed by atoms with E-state index >= 15 is 0 Å². The van der Waals surface area contributed by atoms with Crippen molar-refractivity contribution in [3.05, 3.63) is 84.1 Å². The van der Waals surface area contributed by atoms with Gasteiger partial charge in [-0.1, -0.05) is 18.2 Å². The Bertz CT molecular complexity index is 1210. The molecule has 0 saturated carbocycles. The minimum atomic E-state index is -4.46. The molecule has 8 heteroatoms. The molecule has 0 aliphatic carbocycles. The van der Waals surface area contributed by atoms with Crippen LogP contribution in [0.3, 0.4) is 0 Å². The predicted molar refractivity (Wildman–Crippen MR) is 107 cm³/mol. The third-order valence-corrected chi connectivity index (χ3v) is 4.58. The van der Waals surface area contributed by atoms with Crippen molar-refractivity contribution < 1.29 is 22.7 Å². The number of hydrogen-bond donors (Lipinski definition) is 1. The summed E-state index contributed by atoms with van der Waals surface area (Å²) < 4.78 is 45.3. The Kier molecular flexibility index (Phi) is 4.91. The van der Waals surface area contributed by atoms with E-state index in [0.29, 0.717) is 22.9 Å². The number of anilines is 1. The van der Waals surface area contributed by atoms with Crippen LogP contribution in [0.5, 0.6) is 5.75 Å². The molecular weight excluding hydrogens is 395 g/mol. The third kappa shape index (κ3) is 3.71. The maximum absolute atomic E-state index is 12.8. The normalized spacial score (nSPS) is 11.5. The van der Waals surface area contributed by atoms with Crippen LogP contribution >= 0.6 is 0 Å². The summed E-state index contributed by atoms with van der Waals surface area (Å²) in [4.78, 5) is 17.4. The van der Waals surface area contributed by atoms with E-state index in [1.807, 2.05) is 12.1 Å². The van der Waals surface area contributed by atoms with Crippen LogP contribution in [0.15, 0.2) is 72.9 Å². The van der Waals surface area contributed by atoms with Gasteiger partial charge in [-0.2, -0.15) is 13.2 Å². The van der Waals surface area contributed by atoms with E-state index in [4.69, 9.17) is 4.74 Å². The van der Waals surface area contributed by atoms with E-state index in [-0.39, 0.29) is 5.56 Å². The van der Waals surface area contributed by atoms with E-state index in [0.717, 1.165) is 29.8 Å². The second-order valence-corrected chi connectivity index (χ2v) is 6.50. The van der Waals surface area contributed by atoms with Gasteiger partial charge >= 0.3 is 6.18 Å². The molecule has 0 radical (unpaired) electrons. The van der Waals surface area contributed by atoms with E-state index in [1.54, 1.807) is 48.0 Å².